The lowest BCUT2D eigenvalue weighted by atomic mass is 10.1. The van der Waals surface area contributed by atoms with E-state index >= 15 is 0 Å². The number of nitro groups is 1. The van der Waals surface area contributed by atoms with E-state index in [9.17, 15) is 20.0 Å². The van der Waals surface area contributed by atoms with Crippen LogP contribution in [0, 0.1) is 17.0 Å². The van der Waals surface area contributed by atoms with E-state index in [1.165, 1.54) is 4.68 Å². The van der Waals surface area contributed by atoms with E-state index in [0.29, 0.717) is 11.4 Å². The van der Waals surface area contributed by atoms with Gasteiger partial charge in [0.25, 0.3) is 11.6 Å². The Kier molecular flexibility index (Phi) is 3.38. The van der Waals surface area contributed by atoms with E-state index in [-0.39, 0.29) is 17.0 Å². The predicted molar refractivity (Wildman–Crippen MR) is 70.7 cm³/mol. The first-order chi connectivity index (χ1) is 9.38. The molecule has 104 valence electrons. The largest absolute Gasteiger partial charge is 0.508 e. The lowest BCUT2D eigenvalue weighted by Crippen LogP contribution is -2.14. The van der Waals surface area contributed by atoms with Gasteiger partial charge >= 0.3 is 0 Å². The molecule has 0 saturated heterocycles. The third kappa shape index (κ3) is 2.58. The summed E-state index contributed by atoms with van der Waals surface area (Å²) < 4.78 is 1.52. The van der Waals surface area contributed by atoms with Crippen LogP contribution in [0.25, 0.3) is 0 Å². The molecule has 0 saturated carbocycles. The summed E-state index contributed by atoms with van der Waals surface area (Å²) in [6, 6.07) is 3.30. The van der Waals surface area contributed by atoms with E-state index in [0.717, 1.165) is 18.2 Å². The molecule has 20 heavy (non-hydrogen) atoms. The van der Waals surface area contributed by atoms with Gasteiger partial charge in [-0.1, -0.05) is 0 Å². The van der Waals surface area contributed by atoms with Gasteiger partial charge in [0.1, 0.15) is 11.3 Å². The third-order valence-corrected chi connectivity index (χ3v) is 2.68. The van der Waals surface area contributed by atoms with Gasteiger partial charge in [-0.05, 0) is 19.1 Å². The second-order valence-corrected chi connectivity index (χ2v) is 4.21. The second kappa shape index (κ2) is 5.00. The highest BCUT2D eigenvalue weighted by molar-refractivity contribution is 6.07. The van der Waals surface area contributed by atoms with Crippen molar-refractivity contribution in [3.63, 3.8) is 0 Å². The number of phenols is 1. The topological polar surface area (TPSA) is 110 Å². The van der Waals surface area contributed by atoms with E-state index < -0.39 is 10.8 Å². The molecule has 0 radical (unpaired) electrons. The van der Waals surface area contributed by atoms with Crippen molar-refractivity contribution in [1.82, 2.24) is 9.78 Å². The molecule has 0 bridgehead atoms. The standard InChI is InChI=1S/C12H12N4O4/c1-7-10(6-15(2)14-7)13-12(18)9-5-8(17)3-4-11(9)16(19)20/h3-6,17H,1-2H3,(H,13,18). The van der Waals surface area contributed by atoms with Crippen molar-refractivity contribution in [3.05, 3.63) is 45.8 Å². The van der Waals surface area contributed by atoms with Crippen LogP contribution in [0.2, 0.25) is 0 Å². The number of aromatic hydroxyl groups is 1. The SMILES string of the molecule is Cc1nn(C)cc1NC(=O)c1cc(O)ccc1[N+](=O)[O-]. The van der Waals surface area contributed by atoms with Gasteiger partial charge in [0.2, 0.25) is 0 Å². The van der Waals surface area contributed by atoms with Gasteiger partial charge in [0, 0.05) is 19.3 Å². The van der Waals surface area contributed by atoms with Crippen LogP contribution in [-0.2, 0) is 7.05 Å². The summed E-state index contributed by atoms with van der Waals surface area (Å²) in [7, 11) is 1.69. The predicted octanol–water partition coefficient (Wildman–Crippen LogP) is 1.59. The highest BCUT2D eigenvalue weighted by Gasteiger charge is 2.21. The van der Waals surface area contributed by atoms with E-state index in [2.05, 4.69) is 10.4 Å². The van der Waals surface area contributed by atoms with Crippen LogP contribution >= 0.6 is 0 Å². The van der Waals surface area contributed by atoms with Crippen molar-refractivity contribution < 1.29 is 14.8 Å². The quantitative estimate of drug-likeness (QED) is 0.653. The van der Waals surface area contributed by atoms with Gasteiger partial charge in [0.15, 0.2) is 0 Å². The summed E-state index contributed by atoms with van der Waals surface area (Å²) in [6.07, 6.45) is 1.59. The molecule has 0 spiro atoms. The maximum atomic E-state index is 12.1. The van der Waals surface area contributed by atoms with Gasteiger partial charge in [0.05, 0.1) is 16.3 Å². The van der Waals surface area contributed by atoms with Gasteiger partial charge in [-0.25, -0.2) is 0 Å². The first-order valence-electron chi connectivity index (χ1n) is 5.67. The van der Waals surface area contributed by atoms with Gasteiger partial charge in [-0.2, -0.15) is 5.10 Å². The molecular formula is C12H12N4O4. The number of carbonyl (C=O) groups is 1. The first kappa shape index (κ1) is 13.5. The molecule has 1 aromatic carbocycles. The number of nitrogens with zero attached hydrogens (tertiary/aromatic N) is 3. The van der Waals surface area contributed by atoms with Crippen molar-refractivity contribution in [2.75, 3.05) is 5.32 Å². The highest BCUT2D eigenvalue weighted by atomic mass is 16.6. The van der Waals surface area contributed by atoms with Crippen molar-refractivity contribution in [2.24, 2.45) is 7.05 Å². The Bertz CT molecular complexity index is 693. The summed E-state index contributed by atoms with van der Waals surface area (Å²) >= 11 is 0. The second-order valence-electron chi connectivity index (χ2n) is 4.21. The molecule has 2 N–H and O–H groups in total. The minimum absolute atomic E-state index is 0.210. The number of nitrogens with one attached hydrogen (secondary N) is 1. The van der Waals surface area contributed by atoms with Crippen molar-refractivity contribution >= 4 is 17.3 Å². The summed E-state index contributed by atoms with van der Waals surface area (Å²) in [5.74, 6) is -0.896. The van der Waals surface area contributed by atoms with Crippen molar-refractivity contribution in [2.45, 2.75) is 6.92 Å². The minimum atomic E-state index is -0.677. The molecule has 1 aromatic heterocycles. The van der Waals surface area contributed by atoms with Crippen LogP contribution in [-0.4, -0.2) is 25.7 Å². The number of rotatable bonds is 3. The Balaban J connectivity index is 2.36. The third-order valence-electron chi connectivity index (χ3n) is 2.68. The van der Waals surface area contributed by atoms with E-state index in [4.69, 9.17) is 0 Å². The number of hydrogen-bond acceptors (Lipinski definition) is 5. The molecule has 8 heteroatoms. The molecule has 0 aliphatic rings. The summed E-state index contributed by atoms with van der Waals surface area (Å²) in [6.45, 7) is 1.70. The Morgan fingerprint density at radius 1 is 1.50 bits per heavy atom. The molecule has 2 aromatic rings. The fourth-order valence-corrected chi connectivity index (χ4v) is 1.78. The zero-order valence-corrected chi connectivity index (χ0v) is 10.8. The highest BCUT2D eigenvalue weighted by Crippen LogP contribution is 2.24. The number of aromatic nitrogens is 2. The van der Waals surface area contributed by atoms with Crippen molar-refractivity contribution in [1.29, 1.82) is 0 Å². The summed E-state index contributed by atoms with van der Waals surface area (Å²) in [5.41, 5.74) is 0.457. The van der Waals surface area contributed by atoms with Crippen LogP contribution in [0.1, 0.15) is 16.1 Å². The Labute approximate surface area is 113 Å². The van der Waals surface area contributed by atoms with Gasteiger partial charge < -0.3 is 10.4 Å². The van der Waals surface area contributed by atoms with Gasteiger partial charge in [-0.3, -0.25) is 19.6 Å². The maximum absolute atomic E-state index is 12.1. The average Bonchev–Trinajstić information content (AvgIpc) is 2.67. The molecule has 0 aliphatic carbocycles. The number of nitro benzene ring substituents is 1. The Morgan fingerprint density at radius 3 is 2.75 bits per heavy atom. The van der Waals surface area contributed by atoms with E-state index in [1.807, 2.05) is 0 Å². The van der Waals surface area contributed by atoms with Crippen LogP contribution in [0.15, 0.2) is 24.4 Å². The smallest absolute Gasteiger partial charge is 0.282 e. The van der Waals surface area contributed by atoms with Crippen LogP contribution in [0.4, 0.5) is 11.4 Å². The van der Waals surface area contributed by atoms with Crippen LogP contribution in [0.3, 0.4) is 0 Å². The average molecular weight is 276 g/mol. The number of phenolic OH excluding ortho intramolecular Hbond substituents is 1. The molecule has 0 fully saturated rings. The minimum Gasteiger partial charge on any atom is -0.508 e. The first-order valence-corrected chi connectivity index (χ1v) is 5.67. The number of benzene rings is 1. The molecule has 0 atom stereocenters. The molecule has 1 heterocycles. The molecule has 2 rings (SSSR count). The Morgan fingerprint density at radius 2 is 2.20 bits per heavy atom. The summed E-state index contributed by atoms with van der Waals surface area (Å²) in [5, 5.41) is 26.8. The normalized spacial score (nSPS) is 10.3. The number of hydrogen-bond donors (Lipinski definition) is 2. The number of anilines is 1. The Hall–Kier alpha value is -2.90. The number of aryl methyl sites for hydroxylation is 2. The fraction of sp³-hybridized carbons (Fsp3) is 0.167. The van der Waals surface area contributed by atoms with E-state index in [1.54, 1.807) is 20.2 Å². The van der Waals surface area contributed by atoms with Gasteiger partial charge in [-0.15, -0.1) is 0 Å². The number of carbonyl (C=O) groups excluding carboxylic acids is 1. The summed E-state index contributed by atoms with van der Waals surface area (Å²) in [4.78, 5) is 22.3. The molecule has 1 amide bonds. The van der Waals surface area contributed by atoms with Crippen LogP contribution < -0.4 is 5.32 Å². The molecule has 0 unspecified atom stereocenters. The molecule has 8 nitrogen and oxygen atoms in total. The lowest BCUT2D eigenvalue weighted by molar-refractivity contribution is -0.385. The zero-order chi connectivity index (χ0) is 14.9. The number of amides is 1. The fourth-order valence-electron chi connectivity index (χ4n) is 1.78. The molecular weight excluding hydrogens is 264 g/mol. The monoisotopic (exact) mass is 276 g/mol. The van der Waals surface area contributed by atoms with Crippen LogP contribution in [0.5, 0.6) is 5.75 Å². The maximum Gasteiger partial charge on any atom is 0.282 e. The van der Waals surface area contributed by atoms with Crippen molar-refractivity contribution in [3.8, 4) is 5.75 Å². The molecule has 0 aliphatic heterocycles. The zero-order valence-electron chi connectivity index (χ0n) is 10.8. The lowest BCUT2D eigenvalue weighted by Gasteiger charge is -2.05.